The molecule has 0 saturated carbocycles. The zero-order valence-electron chi connectivity index (χ0n) is 11.1. The summed E-state index contributed by atoms with van der Waals surface area (Å²) in [6.45, 7) is 3.25. The third-order valence-corrected chi connectivity index (χ3v) is 2.54. The molecule has 0 fully saturated rings. The molecule has 0 aliphatic rings. The van der Waals surface area contributed by atoms with Crippen molar-refractivity contribution in [3.63, 3.8) is 0 Å². The lowest BCUT2D eigenvalue weighted by Crippen LogP contribution is -2.12. The summed E-state index contributed by atoms with van der Waals surface area (Å²) in [5, 5.41) is 0. The molecule has 1 aromatic rings. The van der Waals surface area contributed by atoms with Gasteiger partial charge in [-0.15, -0.1) is 11.6 Å². The Morgan fingerprint density at radius 2 is 1.74 bits per heavy atom. The minimum absolute atomic E-state index is 0.453. The fourth-order valence-electron chi connectivity index (χ4n) is 1.28. The van der Waals surface area contributed by atoms with E-state index in [1.807, 2.05) is 12.1 Å². The quantitative estimate of drug-likeness (QED) is 0.460. The van der Waals surface area contributed by atoms with Crippen molar-refractivity contribution < 1.29 is 18.9 Å². The van der Waals surface area contributed by atoms with Crippen LogP contribution in [0.5, 0.6) is 5.88 Å². The van der Waals surface area contributed by atoms with Gasteiger partial charge in [0.05, 0.1) is 33.0 Å². The van der Waals surface area contributed by atoms with E-state index in [-0.39, 0.29) is 0 Å². The van der Waals surface area contributed by atoms with E-state index in [0.29, 0.717) is 51.4 Å². The number of hydrogen-bond acceptors (Lipinski definition) is 5. The minimum Gasteiger partial charge on any atom is -0.475 e. The maximum absolute atomic E-state index is 5.72. The van der Waals surface area contributed by atoms with Crippen LogP contribution in [0.1, 0.15) is 5.56 Å². The Morgan fingerprint density at radius 1 is 1.05 bits per heavy atom. The van der Waals surface area contributed by atoms with Crippen LogP contribution in [-0.4, -0.2) is 51.7 Å². The SMILES string of the molecule is COCCOCCOCCOc1cc(CCl)ccn1. The first-order valence-corrected chi connectivity index (χ1v) is 6.68. The summed E-state index contributed by atoms with van der Waals surface area (Å²) in [6, 6.07) is 3.68. The van der Waals surface area contributed by atoms with Crippen LogP contribution < -0.4 is 4.74 Å². The highest BCUT2D eigenvalue weighted by atomic mass is 35.5. The van der Waals surface area contributed by atoms with Crippen LogP contribution in [0.25, 0.3) is 0 Å². The first-order chi connectivity index (χ1) is 9.36. The molecule has 19 heavy (non-hydrogen) atoms. The Bertz CT molecular complexity index is 338. The highest BCUT2D eigenvalue weighted by Gasteiger charge is 1.97. The van der Waals surface area contributed by atoms with Gasteiger partial charge in [-0.25, -0.2) is 4.98 Å². The number of methoxy groups -OCH3 is 1. The molecule has 0 atom stereocenters. The summed E-state index contributed by atoms with van der Waals surface area (Å²) in [5.74, 6) is 1.02. The predicted octanol–water partition coefficient (Wildman–Crippen LogP) is 1.88. The van der Waals surface area contributed by atoms with Crippen molar-refractivity contribution in [1.82, 2.24) is 4.98 Å². The Hall–Kier alpha value is -0.880. The van der Waals surface area contributed by atoms with Gasteiger partial charge in [-0.1, -0.05) is 0 Å². The van der Waals surface area contributed by atoms with Gasteiger partial charge in [-0.3, -0.25) is 0 Å². The van der Waals surface area contributed by atoms with Gasteiger partial charge < -0.3 is 18.9 Å². The van der Waals surface area contributed by atoms with E-state index in [9.17, 15) is 0 Å². The predicted molar refractivity (Wildman–Crippen MR) is 72.8 cm³/mol. The molecule has 0 aromatic carbocycles. The summed E-state index contributed by atoms with van der Waals surface area (Å²) < 4.78 is 20.9. The zero-order chi connectivity index (χ0) is 13.8. The molecule has 0 saturated heterocycles. The first kappa shape index (κ1) is 16.2. The largest absolute Gasteiger partial charge is 0.475 e. The van der Waals surface area contributed by atoms with Gasteiger partial charge in [0.2, 0.25) is 5.88 Å². The molecule has 0 amide bonds. The summed E-state index contributed by atoms with van der Waals surface area (Å²) in [6.07, 6.45) is 1.68. The van der Waals surface area contributed by atoms with E-state index in [1.165, 1.54) is 0 Å². The van der Waals surface area contributed by atoms with Gasteiger partial charge in [-0.2, -0.15) is 0 Å². The molecular formula is C13H20ClNO4. The van der Waals surface area contributed by atoms with E-state index in [4.69, 9.17) is 30.5 Å². The molecule has 0 unspecified atom stereocenters. The van der Waals surface area contributed by atoms with Gasteiger partial charge in [0, 0.05) is 25.3 Å². The fraction of sp³-hybridized carbons (Fsp3) is 0.615. The van der Waals surface area contributed by atoms with Gasteiger partial charge in [-0.05, 0) is 11.6 Å². The number of alkyl halides is 1. The Morgan fingerprint density at radius 3 is 2.42 bits per heavy atom. The summed E-state index contributed by atoms with van der Waals surface area (Å²) in [4.78, 5) is 4.08. The Balaban J connectivity index is 1.98. The Labute approximate surface area is 118 Å². The molecule has 0 spiro atoms. The second kappa shape index (κ2) is 11.0. The third kappa shape index (κ3) is 8.00. The maximum Gasteiger partial charge on any atom is 0.213 e. The Kier molecular flexibility index (Phi) is 9.36. The molecule has 1 rings (SSSR count). The summed E-state index contributed by atoms with van der Waals surface area (Å²) in [7, 11) is 1.64. The molecule has 0 aliphatic heterocycles. The number of ether oxygens (including phenoxy) is 4. The molecule has 108 valence electrons. The molecular weight excluding hydrogens is 270 g/mol. The molecule has 0 bridgehead atoms. The molecule has 0 N–H and O–H groups in total. The molecule has 1 aromatic heterocycles. The van der Waals surface area contributed by atoms with Crippen LogP contribution in [-0.2, 0) is 20.1 Å². The van der Waals surface area contributed by atoms with Crippen LogP contribution >= 0.6 is 11.6 Å². The number of aromatic nitrogens is 1. The maximum atomic E-state index is 5.72. The average Bonchev–Trinajstić information content (AvgIpc) is 2.46. The van der Waals surface area contributed by atoms with Gasteiger partial charge in [0.25, 0.3) is 0 Å². The number of pyridine rings is 1. The number of nitrogens with zero attached hydrogens (tertiary/aromatic N) is 1. The van der Waals surface area contributed by atoms with Crippen LogP contribution in [0.3, 0.4) is 0 Å². The second-order valence-electron chi connectivity index (χ2n) is 3.70. The van der Waals surface area contributed by atoms with Gasteiger partial charge in [0.15, 0.2) is 0 Å². The van der Waals surface area contributed by atoms with Crippen molar-refractivity contribution in [2.24, 2.45) is 0 Å². The van der Waals surface area contributed by atoms with E-state index in [2.05, 4.69) is 4.98 Å². The van der Waals surface area contributed by atoms with Crippen molar-refractivity contribution in [2.45, 2.75) is 5.88 Å². The lowest BCUT2D eigenvalue weighted by molar-refractivity contribution is 0.0176. The van der Waals surface area contributed by atoms with Gasteiger partial charge >= 0.3 is 0 Å². The molecule has 0 aliphatic carbocycles. The first-order valence-electron chi connectivity index (χ1n) is 6.15. The molecule has 6 heteroatoms. The standard InChI is InChI=1S/C13H20ClNO4/c1-16-4-5-17-6-7-18-8-9-19-13-10-12(11-14)2-3-15-13/h2-3,10H,4-9,11H2,1H3. The van der Waals surface area contributed by atoms with Crippen molar-refractivity contribution in [2.75, 3.05) is 46.8 Å². The summed E-state index contributed by atoms with van der Waals surface area (Å²) in [5.41, 5.74) is 0.985. The van der Waals surface area contributed by atoms with Crippen molar-refractivity contribution in [3.05, 3.63) is 23.9 Å². The lowest BCUT2D eigenvalue weighted by atomic mass is 10.3. The fourth-order valence-corrected chi connectivity index (χ4v) is 1.45. The van der Waals surface area contributed by atoms with Gasteiger partial charge in [0.1, 0.15) is 6.61 Å². The zero-order valence-corrected chi connectivity index (χ0v) is 11.9. The second-order valence-corrected chi connectivity index (χ2v) is 3.97. The normalized spacial score (nSPS) is 10.6. The van der Waals surface area contributed by atoms with E-state index in [1.54, 1.807) is 13.3 Å². The molecule has 1 heterocycles. The molecule has 5 nitrogen and oxygen atoms in total. The smallest absolute Gasteiger partial charge is 0.213 e. The topological polar surface area (TPSA) is 49.8 Å². The highest BCUT2D eigenvalue weighted by molar-refractivity contribution is 6.17. The van der Waals surface area contributed by atoms with Crippen molar-refractivity contribution >= 4 is 11.6 Å². The highest BCUT2D eigenvalue weighted by Crippen LogP contribution is 2.10. The third-order valence-electron chi connectivity index (χ3n) is 2.23. The van der Waals surface area contributed by atoms with E-state index >= 15 is 0 Å². The summed E-state index contributed by atoms with van der Waals surface area (Å²) >= 11 is 5.72. The lowest BCUT2D eigenvalue weighted by Gasteiger charge is -2.07. The van der Waals surface area contributed by atoms with Crippen LogP contribution in [0.4, 0.5) is 0 Å². The van der Waals surface area contributed by atoms with Crippen molar-refractivity contribution in [3.8, 4) is 5.88 Å². The van der Waals surface area contributed by atoms with Crippen molar-refractivity contribution in [1.29, 1.82) is 0 Å². The number of hydrogen-bond donors (Lipinski definition) is 0. The van der Waals surface area contributed by atoms with Crippen LogP contribution in [0.15, 0.2) is 18.3 Å². The van der Waals surface area contributed by atoms with E-state index < -0.39 is 0 Å². The van der Waals surface area contributed by atoms with E-state index in [0.717, 1.165) is 5.56 Å². The monoisotopic (exact) mass is 289 g/mol. The molecule has 0 radical (unpaired) electrons. The van der Waals surface area contributed by atoms with Crippen LogP contribution in [0.2, 0.25) is 0 Å². The number of rotatable bonds is 11. The van der Waals surface area contributed by atoms with Crippen LogP contribution in [0, 0.1) is 0 Å². The average molecular weight is 290 g/mol. The number of halogens is 1. The minimum atomic E-state index is 0.453.